The molecule has 0 bridgehead atoms. The zero-order valence-corrected chi connectivity index (χ0v) is 21.6. The van der Waals surface area contributed by atoms with Crippen LogP contribution in [0.4, 0.5) is 21.0 Å². The third-order valence-electron chi connectivity index (χ3n) is 6.63. The monoisotopic (exact) mass is 499 g/mol. The maximum Gasteiger partial charge on any atom is 0.407 e. The number of hydrogen-bond acceptors (Lipinski definition) is 5. The number of rotatable bonds is 5. The molecule has 0 radical (unpaired) electrons. The van der Waals surface area contributed by atoms with Crippen LogP contribution in [0.1, 0.15) is 70.2 Å². The van der Waals surface area contributed by atoms with Gasteiger partial charge in [-0.2, -0.15) is 0 Å². The third-order valence-corrected chi connectivity index (χ3v) is 6.63. The zero-order valence-electron chi connectivity index (χ0n) is 21.6. The van der Waals surface area contributed by atoms with E-state index in [9.17, 15) is 19.2 Å². The number of alkyl carbamates (subject to hydrolysis) is 1. The molecule has 0 aromatic heterocycles. The van der Waals surface area contributed by atoms with Gasteiger partial charge in [0.25, 0.3) is 5.91 Å². The Hall–Kier alpha value is -3.30. The molecule has 3 N–H and O–H groups in total. The third kappa shape index (κ3) is 6.47. The van der Waals surface area contributed by atoms with Crippen molar-refractivity contribution >= 4 is 35.3 Å². The van der Waals surface area contributed by atoms with Crippen molar-refractivity contribution in [3.63, 3.8) is 0 Å². The number of benzene rings is 1. The van der Waals surface area contributed by atoms with Crippen molar-refractivity contribution in [3.8, 4) is 0 Å². The molecule has 1 saturated heterocycles. The molecule has 10 heteroatoms. The number of nitrogens with one attached hydrogen (secondary N) is 3. The van der Waals surface area contributed by atoms with E-state index < -0.39 is 11.7 Å². The van der Waals surface area contributed by atoms with Gasteiger partial charge in [-0.05, 0) is 64.7 Å². The predicted molar refractivity (Wildman–Crippen MR) is 136 cm³/mol. The Bertz CT molecular complexity index is 1030. The number of carbonyl (C=O) groups excluding carboxylic acids is 4. The molecule has 1 aliphatic carbocycles. The van der Waals surface area contributed by atoms with Crippen molar-refractivity contribution < 1.29 is 23.9 Å². The maximum atomic E-state index is 13.6. The Labute approximate surface area is 212 Å². The minimum absolute atomic E-state index is 0.136. The molecule has 1 saturated carbocycles. The standard InChI is InChI=1S/C26H37N5O5/c1-16-13-22(32)29-20-14-18(23(33)27-11-9-17-5-6-17)7-8-21(20)31(16)25(35)30-12-10-19(15-30)28-24(34)36-26(2,3)4/h7-8,14,16-17,19H,5-6,9-13,15H2,1-4H3,(H,27,33)(H,28,34)(H,29,32)/t16-,19+/m0/s1. The van der Waals surface area contributed by atoms with Crippen LogP contribution in [0, 0.1) is 5.92 Å². The van der Waals surface area contributed by atoms with Gasteiger partial charge in [-0.1, -0.05) is 12.8 Å². The van der Waals surface area contributed by atoms with Crippen LogP contribution in [-0.2, 0) is 9.53 Å². The maximum absolute atomic E-state index is 13.6. The Balaban J connectivity index is 1.45. The van der Waals surface area contributed by atoms with Crippen molar-refractivity contribution in [2.75, 3.05) is 29.9 Å². The molecule has 2 aliphatic heterocycles. The van der Waals surface area contributed by atoms with Gasteiger partial charge in [0.05, 0.1) is 17.4 Å². The molecular weight excluding hydrogens is 462 g/mol. The largest absolute Gasteiger partial charge is 0.444 e. The van der Waals surface area contributed by atoms with Gasteiger partial charge in [-0.15, -0.1) is 0 Å². The second-order valence-corrected chi connectivity index (χ2v) is 11.1. The van der Waals surface area contributed by atoms with E-state index in [1.165, 1.54) is 12.8 Å². The molecule has 4 rings (SSSR count). The van der Waals surface area contributed by atoms with Crippen molar-refractivity contribution in [1.82, 2.24) is 15.5 Å². The van der Waals surface area contributed by atoms with E-state index in [-0.39, 0.29) is 36.3 Å². The Morgan fingerprint density at radius 1 is 1.17 bits per heavy atom. The lowest BCUT2D eigenvalue weighted by molar-refractivity contribution is -0.116. The van der Waals surface area contributed by atoms with E-state index in [0.717, 1.165) is 12.3 Å². The van der Waals surface area contributed by atoms with Crippen LogP contribution in [0.15, 0.2) is 18.2 Å². The first kappa shape index (κ1) is 25.8. The minimum Gasteiger partial charge on any atom is -0.444 e. The molecule has 10 nitrogen and oxygen atoms in total. The van der Waals surface area contributed by atoms with E-state index in [4.69, 9.17) is 4.74 Å². The lowest BCUT2D eigenvalue weighted by Crippen LogP contribution is -2.48. The molecule has 196 valence electrons. The van der Waals surface area contributed by atoms with Gasteiger partial charge < -0.3 is 25.6 Å². The number of anilines is 2. The summed E-state index contributed by atoms with van der Waals surface area (Å²) in [4.78, 5) is 54.2. The Morgan fingerprint density at radius 3 is 2.61 bits per heavy atom. The average molecular weight is 500 g/mol. The van der Waals surface area contributed by atoms with Gasteiger partial charge >= 0.3 is 12.1 Å². The smallest absolute Gasteiger partial charge is 0.407 e. The van der Waals surface area contributed by atoms with E-state index in [2.05, 4.69) is 16.0 Å². The van der Waals surface area contributed by atoms with E-state index >= 15 is 0 Å². The SMILES string of the molecule is C[C@H]1CC(=O)Nc2cc(C(=O)NCCC3CC3)ccc2N1C(=O)N1CC[C@@H](NC(=O)OC(C)(C)C)C1. The summed E-state index contributed by atoms with van der Waals surface area (Å²) >= 11 is 0. The number of urea groups is 1. The number of nitrogens with zero attached hydrogens (tertiary/aromatic N) is 2. The highest BCUT2D eigenvalue weighted by atomic mass is 16.6. The molecule has 3 aliphatic rings. The number of likely N-dealkylation sites (tertiary alicyclic amines) is 1. The summed E-state index contributed by atoms with van der Waals surface area (Å²) in [6.07, 6.45) is 3.68. The fourth-order valence-electron chi connectivity index (χ4n) is 4.65. The fourth-order valence-corrected chi connectivity index (χ4v) is 4.65. The number of carbonyl (C=O) groups is 4. The van der Waals surface area contributed by atoms with Crippen LogP contribution < -0.4 is 20.9 Å². The van der Waals surface area contributed by atoms with Crippen molar-refractivity contribution in [2.45, 2.75) is 77.5 Å². The van der Waals surface area contributed by atoms with Crippen LogP contribution >= 0.6 is 0 Å². The molecule has 1 aromatic rings. The second-order valence-electron chi connectivity index (χ2n) is 11.1. The molecule has 2 fully saturated rings. The predicted octanol–water partition coefficient (Wildman–Crippen LogP) is 3.47. The van der Waals surface area contributed by atoms with Crippen LogP contribution in [-0.4, -0.2) is 66.2 Å². The van der Waals surface area contributed by atoms with Crippen LogP contribution in [0.3, 0.4) is 0 Å². The summed E-state index contributed by atoms with van der Waals surface area (Å²) in [6.45, 7) is 8.68. The fraction of sp³-hybridized carbons (Fsp3) is 0.615. The van der Waals surface area contributed by atoms with Gasteiger partial charge in [0.1, 0.15) is 5.60 Å². The molecular formula is C26H37N5O5. The van der Waals surface area contributed by atoms with Crippen molar-refractivity contribution in [2.24, 2.45) is 5.92 Å². The van der Waals surface area contributed by atoms with E-state index in [1.807, 2.05) is 6.92 Å². The molecule has 5 amide bonds. The molecule has 0 unspecified atom stereocenters. The summed E-state index contributed by atoms with van der Waals surface area (Å²) in [5.74, 6) is 0.317. The summed E-state index contributed by atoms with van der Waals surface area (Å²) in [7, 11) is 0. The number of amides is 5. The van der Waals surface area contributed by atoms with Crippen molar-refractivity contribution in [1.29, 1.82) is 0 Å². The molecule has 2 heterocycles. The quantitative estimate of drug-likeness (QED) is 0.573. The van der Waals surface area contributed by atoms with Gasteiger partial charge in [0, 0.05) is 37.7 Å². The Morgan fingerprint density at radius 2 is 1.92 bits per heavy atom. The lowest BCUT2D eigenvalue weighted by Gasteiger charge is -2.32. The highest BCUT2D eigenvalue weighted by molar-refractivity contribution is 6.06. The first-order valence-corrected chi connectivity index (χ1v) is 12.8. The highest BCUT2D eigenvalue weighted by Crippen LogP contribution is 2.34. The molecule has 2 atom stereocenters. The van der Waals surface area contributed by atoms with Gasteiger partial charge in [0.15, 0.2) is 0 Å². The summed E-state index contributed by atoms with van der Waals surface area (Å²) in [6, 6.07) is 4.20. The molecule has 36 heavy (non-hydrogen) atoms. The van der Waals surface area contributed by atoms with Crippen LogP contribution in [0.2, 0.25) is 0 Å². The van der Waals surface area contributed by atoms with Gasteiger partial charge in [-0.25, -0.2) is 9.59 Å². The van der Waals surface area contributed by atoms with Crippen LogP contribution in [0.5, 0.6) is 0 Å². The minimum atomic E-state index is -0.601. The number of fused-ring (bicyclic) bond motifs is 1. The average Bonchev–Trinajstić information content (AvgIpc) is 3.50. The number of hydrogen-bond donors (Lipinski definition) is 3. The topological polar surface area (TPSA) is 120 Å². The second kappa shape index (κ2) is 10.4. The Kier molecular flexibility index (Phi) is 7.42. The highest BCUT2D eigenvalue weighted by Gasteiger charge is 2.36. The van der Waals surface area contributed by atoms with Crippen molar-refractivity contribution in [3.05, 3.63) is 23.8 Å². The van der Waals surface area contributed by atoms with Gasteiger partial charge in [-0.3, -0.25) is 14.5 Å². The zero-order chi connectivity index (χ0) is 26.0. The summed E-state index contributed by atoms with van der Waals surface area (Å²) < 4.78 is 5.33. The summed E-state index contributed by atoms with van der Waals surface area (Å²) in [5.41, 5.74) is 0.830. The van der Waals surface area contributed by atoms with E-state index in [1.54, 1.807) is 48.8 Å². The first-order valence-electron chi connectivity index (χ1n) is 12.8. The normalized spacial score (nSPS) is 21.8. The number of ether oxygens (including phenoxy) is 1. The molecule has 0 spiro atoms. The van der Waals surface area contributed by atoms with Gasteiger partial charge in [0.2, 0.25) is 5.91 Å². The molecule has 1 aromatic carbocycles. The lowest BCUT2D eigenvalue weighted by atomic mass is 10.1. The van der Waals surface area contributed by atoms with E-state index in [0.29, 0.717) is 43.0 Å². The summed E-state index contributed by atoms with van der Waals surface area (Å²) in [5, 5.41) is 8.64. The van der Waals surface area contributed by atoms with Crippen LogP contribution in [0.25, 0.3) is 0 Å². The first-order chi connectivity index (χ1) is 17.0.